The molecule has 2 aromatic rings. The first-order chi connectivity index (χ1) is 8.15. The largest absolute Gasteiger partial charge is 0.433 e. The average molecular weight is 233 g/mol. The number of rotatable bonds is 2. The SMILES string of the molecule is Nc1oc(-c2cc3c([nH]2)CCC3)cc1[N+](=O)[O-]. The monoisotopic (exact) mass is 233 g/mol. The summed E-state index contributed by atoms with van der Waals surface area (Å²) in [5.74, 6) is 0.267. The predicted octanol–water partition coefficient (Wildman–Crippen LogP) is 2.25. The Morgan fingerprint density at radius 1 is 1.41 bits per heavy atom. The van der Waals surface area contributed by atoms with Crippen LogP contribution >= 0.6 is 0 Å². The second-order valence-electron chi connectivity index (χ2n) is 4.16. The Kier molecular flexibility index (Phi) is 1.98. The molecular formula is C11H11N3O3. The zero-order chi connectivity index (χ0) is 12.0. The minimum absolute atomic E-state index is 0.153. The van der Waals surface area contributed by atoms with Gasteiger partial charge >= 0.3 is 5.69 Å². The fourth-order valence-corrected chi connectivity index (χ4v) is 2.25. The summed E-state index contributed by atoms with van der Waals surface area (Å²) < 4.78 is 5.20. The zero-order valence-corrected chi connectivity index (χ0v) is 9.03. The Morgan fingerprint density at radius 3 is 2.88 bits per heavy atom. The van der Waals surface area contributed by atoms with Crippen LogP contribution in [0.3, 0.4) is 0 Å². The molecule has 0 spiro atoms. The van der Waals surface area contributed by atoms with E-state index in [9.17, 15) is 10.1 Å². The Labute approximate surface area is 96.6 Å². The first-order valence-electron chi connectivity index (χ1n) is 5.40. The molecule has 0 radical (unpaired) electrons. The predicted molar refractivity (Wildman–Crippen MR) is 61.6 cm³/mol. The molecule has 0 aromatic carbocycles. The third kappa shape index (κ3) is 1.49. The number of anilines is 1. The molecule has 0 bridgehead atoms. The molecule has 0 amide bonds. The number of nitrogens with two attached hydrogens (primary N) is 1. The molecule has 2 aromatic heterocycles. The normalized spacial score (nSPS) is 13.9. The van der Waals surface area contributed by atoms with Crippen molar-refractivity contribution in [2.45, 2.75) is 19.3 Å². The number of hydrogen-bond acceptors (Lipinski definition) is 4. The molecule has 88 valence electrons. The van der Waals surface area contributed by atoms with Crippen LogP contribution in [0.5, 0.6) is 0 Å². The van der Waals surface area contributed by atoms with Crippen LogP contribution in [-0.2, 0) is 12.8 Å². The Balaban J connectivity index is 2.03. The lowest BCUT2D eigenvalue weighted by Gasteiger charge is -1.91. The maximum atomic E-state index is 10.7. The van der Waals surface area contributed by atoms with Crippen molar-refractivity contribution >= 4 is 11.6 Å². The van der Waals surface area contributed by atoms with E-state index in [0.29, 0.717) is 5.76 Å². The molecular weight excluding hydrogens is 222 g/mol. The second-order valence-corrected chi connectivity index (χ2v) is 4.16. The first kappa shape index (κ1) is 9.95. The van der Waals surface area contributed by atoms with Crippen LogP contribution in [0.25, 0.3) is 11.5 Å². The van der Waals surface area contributed by atoms with E-state index in [-0.39, 0.29) is 11.6 Å². The van der Waals surface area contributed by atoms with Gasteiger partial charge in [0.1, 0.15) is 0 Å². The molecule has 2 heterocycles. The molecule has 3 N–H and O–H groups in total. The van der Waals surface area contributed by atoms with E-state index in [4.69, 9.17) is 10.2 Å². The van der Waals surface area contributed by atoms with Gasteiger partial charge in [0.2, 0.25) is 0 Å². The van der Waals surface area contributed by atoms with Crippen LogP contribution in [-0.4, -0.2) is 9.91 Å². The summed E-state index contributed by atoms with van der Waals surface area (Å²) in [6.45, 7) is 0. The summed E-state index contributed by atoms with van der Waals surface area (Å²) in [6.07, 6.45) is 3.22. The van der Waals surface area contributed by atoms with Crippen LogP contribution in [0, 0.1) is 10.1 Å². The molecule has 0 unspecified atom stereocenters. The number of fused-ring (bicyclic) bond motifs is 1. The molecule has 0 saturated heterocycles. The minimum Gasteiger partial charge on any atom is -0.433 e. The first-order valence-corrected chi connectivity index (χ1v) is 5.40. The number of nitrogens with zero attached hydrogens (tertiary/aromatic N) is 1. The van der Waals surface area contributed by atoms with E-state index in [1.54, 1.807) is 0 Å². The van der Waals surface area contributed by atoms with Gasteiger partial charge in [0.15, 0.2) is 5.76 Å². The Morgan fingerprint density at radius 2 is 2.24 bits per heavy atom. The van der Waals surface area contributed by atoms with E-state index >= 15 is 0 Å². The van der Waals surface area contributed by atoms with Crippen LogP contribution < -0.4 is 5.73 Å². The van der Waals surface area contributed by atoms with Gasteiger partial charge < -0.3 is 15.1 Å². The van der Waals surface area contributed by atoms with Gasteiger partial charge in [-0.2, -0.15) is 0 Å². The molecule has 0 aliphatic heterocycles. The topological polar surface area (TPSA) is 98.1 Å². The summed E-state index contributed by atoms with van der Waals surface area (Å²) in [5.41, 5.74) is 8.48. The Bertz CT molecular complexity index is 576. The highest BCUT2D eigenvalue weighted by Gasteiger charge is 2.22. The molecule has 0 saturated carbocycles. The highest BCUT2D eigenvalue weighted by atomic mass is 16.6. The lowest BCUT2D eigenvalue weighted by Crippen LogP contribution is -1.90. The quantitative estimate of drug-likeness (QED) is 0.613. The second kappa shape index (κ2) is 3.38. The van der Waals surface area contributed by atoms with E-state index in [1.807, 2.05) is 6.07 Å². The minimum atomic E-state index is -0.543. The zero-order valence-electron chi connectivity index (χ0n) is 9.03. The number of hydrogen-bond donors (Lipinski definition) is 2. The van der Waals surface area contributed by atoms with Gasteiger partial charge in [0.05, 0.1) is 16.7 Å². The molecule has 0 fully saturated rings. The van der Waals surface area contributed by atoms with Crippen molar-refractivity contribution in [3.8, 4) is 11.5 Å². The molecule has 17 heavy (non-hydrogen) atoms. The van der Waals surface area contributed by atoms with Crippen molar-refractivity contribution in [3.63, 3.8) is 0 Å². The van der Waals surface area contributed by atoms with Gasteiger partial charge in [-0.1, -0.05) is 0 Å². The van der Waals surface area contributed by atoms with E-state index < -0.39 is 4.92 Å². The van der Waals surface area contributed by atoms with Gasteiger partial charge in [-0.05, 0) is 30.9 Å². The molecule has 3 rings (SSSR count). The van der Waals surface area contributed by atoms with Gasteiger partial charge in [-0.3, -0.25) is 10.1 Å². The number of nitrogen functional groups attached to an aromatic ring is 1. The van der Waals surface area contributed by atoms with Gasteiger partial charge in [-0.25, -0.2) is 0 Å². The highest BCUT2D eigenvalue weighted by molar-refractivity contribution is 5.65. The summed E-state index contributed by atoms with van der Waals surface area (Å²) in [5, 5.41) is 10.7. The summed E-state index contributed by atoms with van der Waals surface area (Å²) >= 11 is 0. The summed E-state index contributed by atoms with van der Waals surface area (Å²) in [6, 6.07) is 3.33. The van der Waals surface area contributed by atoms with Crippen LogP contribution in [0.2, 0.25) is 0 Å². The number of aromatic amines is 1. The van der Waals surface area contributed by atoms with Crippen molar-refractivity contribution in [2.75, 3.05) is 5.73 Å². The number of aryl methyl sites for hydroxylation is 2. The van der Waals surface area contributed by atoms with Gasteiger partial charge in [0.25, 0.3) is 5.88 Å². The number of nitrogens with one attached hydrogen (secondary N) is 1. The van der Waals surface area contributed by atoms with Gasteiger partial charge in [-0.15, -0.1) is 0 Å². The van der Waals surface area contributed by atoms with Crippen molar-refractivity contribution in [3.05, 3.63) is 33.5 Å². The van der Waals surface area contributed by atoms with Crippen LogP contribution in [0.1, 0.15) is 17.7 Å². The lowest BCUT2D eigenvalue weighted by atomic mass is 10.2. The molecule has 1 aliphatic rings. The van der Waals surface area contributed by atoms with E-state index in [0.717, 1.165) is 25.0 Å². The van der Waals surface area contributed by atoms with E-state index in [2.05, 4.69) is 4.98 Å². The highest BCUT2D eigenvalue weighted by Crippen LogP contribution is 2.34. The number of aromatic nitrogens is 1. The summed E-state index contributed by atoms with van der Waals surface area (Å²) in [7, 11) is 0. The molecule has 6 nitrogen and oxygen atoms in total. The fraction of sp³-hybridized carbons (Fsp3) is 0.273. The van der Waals surface area contributed by atoms with Crippen molar-refractivity contribution in [2.24, 2.45) is 0 Å². The average Bonchev–Trinajstić information content (AvgIpc) is 2.88. The number of H-pyrrole nitrogens is 1. The van der Waals surface area contributed by atoms with Gasteiger partial charge in [0, 0.05) is 5.69 Å². The molecule has 6 heteroatoms. The molecule has 1 aliphatic carbocycles. The number of nitro groups is 1. The van der Waals surface area contributed by atoms with Crippen LogP contribution in [0.4, 0.5) is 11.6 Å². The van der Waals surface area contributed by atoms with Crippen molar-refractivity contribution < 1.29 is 9.34 Å². The summed E-state index contributed by atoms with van der Waals surface area (Å²) in [4.78, 5) is 13.3. The smallest absolute Gasteiger partial charge is 0.332 e. The maximum Gasteiger partial charge on any atom is 0.332 e. The Hall–Kier alpha value is -2.24. The third-order valence-electron chi connectivity index (χ3n) is 3.07. The lowest BCUT2D eigenvalue weighted by molar-refractivity contribution is -0.384. The third-order valence-corrected chi connectivity index (χ3v) is 3.07. The van der Waals surface area contributed by atoms with E-state index in [1.165, 1.54) is 17.3 Å². The van der Waals surface area contributed by atoms with Crippen molar-refractivity contribution in [1.82, 2.24) is 4.98 Å². The van der Waals surface area contributed by atoms with Crippen LogP contribution in [0.15, 0.2) is 16.5 Å². The maximum absolute atomic E-state index is 10.7. The number of furan rings is 1. The molecule has 0 atom stereocenters. The van der Waals surface area contributed by atoms with Crippen molar-refractivity contribution in [1.29, 1.82) is 0 Å². The standard InChI is InChI=1S/C11H11N3O3/c12-11-9(14(15)16)5-10(17-11)8-4-6-2-1-3-7(6)13-8/h4-5,13H,1-3,12H2. The fourth-order valence-electron chi connectivity index (χ4n) is 2.25.